The maximum absolute atomic E-state index is 13.1. The monoisotopic (exact) mass is 481 g/mol. The van der Waals surface area contributed by atoms with Gasteiger partial charge < -0.3 is 10.6 Å². The first-order chi connectivity index (χ1) is 16.5. The van der Waals surface area contributed by atoms with Gasteiger partial charge in [-0.2, -0.15) is 5.26 Å². The number of hydrogen-bond donors (Lipinski definition) is 2. The Bertz CT molecular complexity index is 1200. The first kappa shape index (κ1) is 24.0. The van der Waals surface area contributed by atoms with E-state index < -0.39 is 0 Å². The highest BCUT2D eigenvalue weighted by atomic mass is 32.2. The van der Waals surface area contributed by atoms with Gasteiger partial charge in [0.05, 0.1) is 23.9 Å². The van der Waals surface area contributed by atoms with Crippen LogP contribution in [0.4, 0.5) is 5.69 Å². The molecule has 2 N–H and O–H groups in total. The Morgan fingerprint density at radius 1 is 1.26 bits per heavy atom. The Morgan fingerprint density at radius 3 is 2.76 bits per heavy atom. The van der Waals surface area contributed by atoms with E-state index in [4.69, 9.17) is 9.60 Å². The number of nitrogens with zero attached hydrogens (tertiary/aromatic N) is 5. The second-order valence-electron chi connectivity index (χ2n) is 8.31. The van der Waals surface area contributed by atoms with Crippen molar-refractivity contribution in [2.75, 3.05) is 25.5 Å². The summed E-state index contributed by atoms with van der Waals surface area (Å²) in [7, 11) is 1.47. The van der Waals surface area contributed by atoms with Crippen LogP contribution in [0.1, 0.15) is 42.6 Å². The van der Waals surface area contributed by atoms with Gasteiger partial charge in [-0.3, -0.25) is 9.36 Å². The molecule has 4 rings (SSSR count). The molecule has 0 aliphatic carbocycles. The minimum Gasteiger partial charge on any atom is -0.382 e. The summed E-state index contributed by atoms with van der Waals surface area (Å²) >= 11 is 1.18. The average molecular weight is 482 g/mol. The van der Waals surface area contributed by atoms with Crippen LogP contribution in [0.25, 0.3) is 16.9 Å². The smallest absolute Gasteiger partial charge is 0.255 e. The molecule has 0 atom stereocenters. The number of fused-ring (bicyclic) bond motifs is 1. The van der Waals surface area contributed by atoms with Crippen molar-refractivity contribution in [1.82, 2.24) is 24.2 Å². The van der Waals surface area contributed by atoms with Crippen molar-refractivity contribution in [3.63, 3.8) is 0 Å². The zero-order valence-electron chi connectivity index (χ0n) is 19.3. The molecule has 1 saturated heterocycles. The van der Waals surface area contributed by atoms with E-state index in [0.717, 1.165) is 31.3 Å². The van der Waals surface area contributed by atoms with E-state index in [1.807, 2.05) is 36.7 Å². The SMILES string of the molecule is COOSN1CCC(NC(=O)c2cnc(-n3ccc4cc(C#N)cnc43)cc2NC(C)C)CC1. The van der Waals surface area contributed by atoms with Gasteiger partial charge in [0.25, 0.3) is 5.91 Å². The van der Waals surface area contributed by atoms with E-state index in [1.54, 1.807) is 18.5 Å². The summed E-state index contributed by atoms with van der Waals surface area (Å²) in [6.07, 6.45) is 6.63. The molecule has 3 aromatic heterocycles. The normalized spacial score (nSPS) is 14.9. The van der Waals surface area contributed by atoms with Crippen LogP contribution >= 0.6 is 12.2 Å². The third-order valence-corrected chi connectivity index (χ3v) is 6.25. The molecule has 0 saturated carbocycles. The van der Waals surface area contributed by atoms with Gasteiger partial charge >= 0.3 is 0 Å². The molecule has 0 spiro atoms. The number of piperidine rings is 1. The Labute approximate surface area is 202 Å². The average Bonchev–Trinajstić information content (AvgIpc) is 3.26. The highest BCUT2D eigenvalue weighted by Crippen LogP contribution is 2.24. The maximum Gasteiger partial charge on any atom is 0.255 e. The van der Waals surface area contributed by atoms with Crippen LogP contribution < -0.4 is 10.6 Å². The minimum atomic E-state index is -0.157. The van der Waals surface area contributed by atoms with E-state index in [0.29, 0.717) is 28.3 Å². The molecule has 10 nitrogen and oxygen atoms in total. The largest absolute Gasteiger partial charge is 0.382 e. The third kappa shape index (κ3) is 5.48. The van der Waals surface area contributed by atoms with E-state index in [2.05, 4.69) is 35.9 Å². The predicted octanol–water partition coefficient (Wildman–Crippen LogP) is 3.45. The predicted molar refractivity (Wildman–Crippen MR) is 130 cm³/mol. The molecule has 1 amide bonds. The van der Waals surface area contributed by atoms with Gasteiger partial charge in [0.1, 0.15) is 29.8 Å². The third-order valence-electron chi connectivity index (χ3n) is 5.47. The highest BCUT2D eigenvalue weighted by molar-refractivity contribution is 7.92. The number of nitriles is 1. The quantitative estimate of drug-likeness (QED) is 0.216. The summed E-state index contributed by atoms with van der Waals surface area (Å²) in [6, 6.07) is 7.85. The van der Waals surface area contributed by atoms with E-state index in [-0.39, 0.29) is 18.0 Å². The van der Waals surface area contributed by atoms with Crippen LogP contribution in [0.15, 0.2) is 36.8 Å². The van der Waals surface area contributed by atoms with E-state index >= 15 is 0 Å². The molecule has 1 aliphatic rings. The summed E-state index contributed by atoms with van der Waals surface area (Å²) in [6.45, 7) is 5.61. The van der Waals surface area contributed by atoms with Crippen molar-refractivity contribution in [1.29, 1.82) is 5.26 Å². The summed E-state index contributed by atoms with van der Waals surface area (Å²) in [4.78, 5) is 26.7. The standard InChI is InChI=1S/C23H27N7O3S/c1-15(2)27-20-11-21(30-9-4-17-10-16(12-24)13-26-22(17)30)25-14-19(20)23(31)28-18-5-7-29(8-6-18)34-33-32-3/h4,9-11,13-15,18H,5-8H2,1-3H3,(H,25,27)(H,28,31). The number of rotatable bonds is 8. The molecule has 1 aliphatic heterocycles. The number of carbonyl (C=O) groups excluding carboxylic acids is 1. The Hall–Kier alpha value is -3.17. The fourth-order valence-corrected chi connectivity index (χ4v) is 4.38. The summed E-state index contributed by atoms with van der Waals surface area (Å²) < 4.78 is 8.81. The lowest BCUT2D eigenvalue weighted by Gasteiger charge is -2.30. The lowest BCUT2D eigenvalue weighted by molar-refractivity contribution is -0.163. The highest BCUT2D eigenvalue weighted by Gasteiger charge is 2.24. The zero-order chi connectivity index (χ0) is 24.1. The minimum absolute atomic E-state index is 0.0744. The molecule has 34 heavy (non-hydrogen) atoms. The fourth-order valence-electron chi connectivity index (χ4n) is 3.87. The number of pyridine rings is 2. The van der Waals surface area contributed by atoms with Crippen molar-refractivity contribution in [3.8, 4) is 11.9 Å². The molecule has 0 unspecified atom stereocenters. The van der Waals surface area contributed by atoms with Crippen LogP contribution in [0.3, 0.4) is 0 Å². The van der Waals surface area contributed by atoms with Crippen molar-refractivity contribution in [2.45, 2.75) is 38.8 Å². The van der Waals surface area contributed by atoms with Gasteiger partial charge in [-0.25, -0.2) is 19.2 Å². The van der Waals surface area contributed by atoms with Crippen molar-refractivity contribution >= 4 is 34.9 Å². The Morgan fingerprint density at radius 2 is 2.06 bits per heavy atom. The second kappa shape index (κ2) is 10.8. The van der Waals surface area contributed by atoms with Gasteiger partial charge in [-0.1, -0.05) is 0 Å². The molecular formula is C23H27N7O3S. The molecular weight excluding hydrogens is 454 g/mol. The van der Waals surface area contributed by atoms with Crippen molar-refractivity contribution in [3.05, 3.63) is 47.9 Å². The summed E-state index contributed by atoms with van der Waals surface area (Å²) in [5.41, 5.74) is 2.40. The molecule has 0 aromatic carbocycles. The zero-order valence-corrected chi connectivity index (χ0v) is 20.1. The van der Waals surface area contributed by atoms with E-state index in [9.17, 15) is 4.79 Å². The number of nitrogens with one attached hydrogen (secondary N) is 2. The fraction of sp³-hybridized carbons (Fsp3) is 0.391. The molecule has 0 radical (unpaired) electrons. The number of carbonyl (C=O) groups is 1. The lowest BCUT2D eigenvalue weighted by atomic mass is 10.1. The maximum atomic E-state index is 13.1. The van der Waals surface area contributed by atoms with Crippen LogP contribution in [-0.2, 0) is 9.22 Å². The molecule has 11 heteroatoms. The van der Waals surface area contributed by atoms with E-state index in [1.165, 1.54) is 19.3 Å². The van der Waals surface area contributed by atoms with Crippen LogP contribution in [0.2, 0.25) is 0 Å². The molecule has 1 fully saturated rings. The van der Waals surface area contributed by atoms with Gasteiger partial charge in [0.2, 0.25) is 0 Å². The Kier molecular flexibility index (Phi) is 7.64. The molecule has 4 heterocycles. The van der Waals surface area contributed by atoms with Crippen LogP contribution in [-0.4, -0.2) is 57.0 Å². The van der Waals surface area contributed by atoms with Gasteiger partial charge in [-0.05, 0) is 38.8 Å². The number of aromatic nitrogens is 3. The first-order valence-electron chi connectivity index (χ1n) is 11.1. The summed E-state index contributed by atoms with van der Waals surface area (Å²) in [5, 5.41) is 16.5. The molecule has 3 aromatic rings. The first-order valence-corrected chi connectivity index (χ1v) is 11.8. The van der Waals surface area contributed by atoms with Crippen LogP contribution in [0.5, 0.6) is 0 Å². The lowest BCUT2D eigenvalue weighted by Crippen LogP contribution is -2.43. The number of hydrogen-bond acceptors (Lipinski definition) is 9. The van der Waals surface area contributed by atoms with Crippen molar-refractivity contribution in [2.24, 2.45) is 0 Å². The molecule has 178 valence electrons. The Balaban J connectivity index is 1.53. The van der Waals surface area contributed by atoms with Gasteiger partial charge in [0, 0.05) is 55.2 Å². The van der Waals surface area contributed by atoms with Gasteiger partial charge in [0.15, 0.2) is 0 Å². The second-order valence-corrected chi connectivity index (χ2v) is 9.11. The van der Waals surface area contributed by atoms with Crippen molar-refractivity contribution < 1.29 is 14.0 Å². The number of anilines is 1. The topological polar surface area (TPSA) is 117 Å². The van der Waals surface area contributed by atoms with Crippen LogP contribution in [0, 0.1) is 11.3 Å². The van der Waals surface area contributed by atoms with Gasteiger partial charge in [-0.15, -0.1) is 4.33 Å². The number of amides is 1. The molecule has 0 bridgehead atoms. The summed E-state index contributed by atoms with van der Waals surface area (Å²) in [5.74, 6) is 0.478.